The highest BCUT2D eigenvalue weighted by atomic mass is 16.5. The van der Waals surface area contributed by atoms with Crippen LogP contribution in [0.4, 0.5) is 0 Å². The number of allylic oxidation sites excluding steroid dienone is 6. The second-order valence-electron chi connectivity index (χ2n) is 6.98. The topological polar surface area (TPSA) is 46.5 Å². The molecule has 1 aromatic carbocycles. The standard InChI is InChI=1S/C25H34O3/c1-4-5-6-7-8-11-19-28-24-16-10-9-15-23(24)18-17-21(2)13-12-14-22(3)20-25(26)27/h9-10,12-18,20H,4-8,11,19H2,1-3H3,(H,26,27). The minimum Gasteiger partial charge on any atom is -0.493 e. The molecule has 0 saturated carbocycles. The molecule has 0 atom stereocenters. The van der Waals surface area contributed by atoms with Crippen LogP contribution < -0.4 is 4.74 Å². The fourth-order valence-corrected chi connectivity index (χ4v) is 2.69. The number of aliphatic carboxylic acids is 1. The van der Waals surface area contributed by atoms with Crippen molar-refractivity contribution >= 4 is 12.0 Å². The number of benzene rings is 1. The van der Waals surface area contributed by atoms with Gasteiger partial charge in [-0.25, -0.2) is 4.79 Å². The number of hydrogen-bond donors (Lipinski definition) is 1. The average Bonchev–Trinajstić information content (AvgIpc) is 2.66. The van der Waals surface area contributed by atoms with E-state index < -0.39 is 5.97 Å². The van der Waals surface area contributed by atoms with Crippen LogP contribution in [0.3, 0.4) is 0 Å². The normalized spacial score (nSPS) is 12.8. The number of carbonyl (C=O) groups is 1. The molecule has 0 aliphatic carbocycles. The molecule has 0 aliphatic rings. The fraction of sp³-hybridized carbons (Fsp3) is 0.400. The monoisotopic (exact) mass is 382 g/mol. The van der Waals surface area contributed by atoms with Gasteiger partial charge in [-0.15, -0.1) is 0 Å². The van der Waals surface area contributed by atoms with Gasteiger partial charge in [0.15, 0.2) is 0 Å². The Labute approximate surface area is 170 Å². The molecular formula is C25H34O3. The average molecular weight is 383 g/mol. The van der Waals surface area contributed by atoms with E-state index in [1.807, 2.05) is 43.4 Å². The quantitative estimate of drug-likeness (QED) is 0.227. The molecule has 0 unspecified atom stereocenters. The lowest BCUT2D eigenvalue weighted by atomic mass is 10.1. The number of hydrogen-bond acceptors (Lipinski definition) is 2. The molecule has 0 bridgehead atoms. The van der Waals surface area contributed by atoms with Gasteiger partial charge < -0.3 is 9.84 Å². The maximum Gasteiger partial charge on any atom is 0.328 e. The summed E-state index contributed by atoms with van der Waals surface area (Å²) in [4.78, 5) is 10.6. The zero-order valence-electron chi connectivity index (χ0n) is 17.5. The van der Waals surface area contributed by atoms with Crippen LogP contribution in [0, 0.1) is 0 Å². The molecule has 1 N–H and O–H groups in total. The maximum atomic E-state index is 10.6. The molecule has 0 saturated heterocycles. The highest BCUT2D eigenvalue weighted by molar-refractivity contribution is 5.81. The van der Waals surface area contributed by atoms with Crippen LogP contribution in [0.15, 0.2) is 65.8 Å². The zero-order valence-corrected chi connectivity index (χ0v) is 17.5. The first-order chi connectivity index (χ1) is 13.5. The third-order valence-corrected chi connectivity index (χ3v) is 4.27. The summed E-state index contributed by atoms with van der Waals surface area (Å²) in [7, 11) is 0. The molecule has 3 heteroatoms. The summed E-state index contributed by atoms with van der Waals surface area (Å²) in [6.07, 6.45) is 18.4. The predicted octanol–water partition coefficient (Wildman–Crippen LogP) is 6.97. The molecule has 0 radical (unpaired) electrons. The van der Waals surface area contributed by atoms with Crippen LogP contribution >= 0.6 is 0 Å². The Balaban J connectivity index is 2.55. The Morgan fingerprint density at radius 1 is 1.00 bits per heavy atom. The molecule has 0 spiro atoms. The molecule has 0 aromatic heterocycles. The number of para-hydroxylation sites is 1. The first-order valence-electron chi connectivity index (χ1n) is 10.2. The fourth-order valence-electron chi connectivity index (χ4n) is 2.69. The molecule has 1 aromatic rings. The Kier molecular flexibility index (Phi) is 12.2. The van der Waals surface area contributed by atoms with Crippen molar-refractivity contribution in [2.24, 2.45) is 0 Å². The summed E-state index contributed by atoms with van der Waals surface area (Å²) in [5.74, 6) is -0.0174. The van der Waals surface area contributed by atoms with Crippen LogP contribution in [-0.4, -0.2) is 17.7 Å². The lowest BCUT2D eigenvalue weighted by molar-refractivity contribution is -0.131. The first kappa shape index (κ1) is 23.5. The second kappa shape index (κ2) is 14.5. The van der Waals surface area contributed by atoms with E-state index in [1.54, 1.807) is 13.0 Å². The molecule has 0 amide bonds. The predicted molar refractivity (Wildman–Crippen MR) is 119 cm³/mol. The Morgan fingerprint density at radius 3 is 2.46 bits per heavy atom. The molecule has 0 fully saturated rings. The summed E-state index contributed by atoms with van der Waals surface area (Å²) in [5.41, 5.74) is 2.84. The number of unbranched alkanes of at least 4 members (excludes halogenated alkanes) is 5. The van der Waals surface area contributed by atoms with E-state index in [0.29, 0.717) is 5.57 Å². The molecular weight excluding hydrogens is 348 g/mol. The third-order valence-electron chi connectivity index (χ3n) is 4.27. The van der Waals surface area contributed by atoms with Gasteiger partial charge in [-0.3, -0.25) is 0 Å². The summed E-state index contributed by atoms with van der Waals surface area (Å²) in [6.45, 7) is 6.76. The van der Waals surface area contributed by atoms with Crippen molar-refractivity contribution in [3.63, 3.8) is 0 Å². The minimum absolute atomic E-state index is 0.703. The van der Waals surface area contributed by atoms with E-state index in [0.717, 1.165) is 29.9 Å². The van der Waals surface area contributed by atoms with Gasteiger partial charge in [0.2, 0.25) is 0 Å². The maximum absolute atomic E-state index is 10.6. The van der Waals surface area contributed by atoms with Crippen LogP contribution in [0.1, 0.15) is 64.9 Å². The van der Waals surface area contributed by atoms with Crippen LogP contribution in [0.2, 0.25) is 0 Å². The van der Waals surface area contributed by atoms with Crippen LogP contribution in [0.5, 0.6) is 5.75 Å². The molecule has 28 heavy (non-hydrogen) atoms. The molecule has 1 rings (SSSR count). The van der Waals surface area contributed by atoms with Gasteiger partial charge in [-0.05, 0) is 31.9 Å². The number of ether oxygens (including phenoxy) is 1. The lowest BCUT2D eigenvalue weighted by Crippen LogP contribution is -1.98. The van der Waals surface area contributed by atoms with Crippen LogP contribution in [0.25, 0.3) is 6.08 Å². The van der Waals surface area contributed by atoms with Crippen molar-refractivity contribution in [2.75, 3.05) is 6.61 Å². The molecule has 0 heterocycles. The minimum atomic E-state index is -0.930. The number of carboxylic acid groups (broad SMARTS) is 1. The van der Waals surface area contributed by atoms with E-state index in [4.69, 9.17) is 9.84 Å². The van der Waals surface area contributed by atoms with Crippen molar-refractivity contribution < 1.29 is 14.6 Å². The van der Waals surface area contributed by atoms with Gasteiger partial charge in [-0.1, -0.05) is 93.2 Å². The van der Waals surface area contributed by atoms with Gasteiger partial charge in [0.25, 0.3) is 0 Å². The zero-order chi connectivity index (χ0) is 20.6. The van der Waals surface area contributed by atoms with Gasteiger partial charge in [-0.2, -0.15) is 0 Å². The van der Waals surface area contributed by atoms with Crippen molar-refractivity contribution in [2.45, 2.75) is 59.3 Å². The van der Waals surface area contributed by atoms with Gasteiger partial charge in [0.1, 0.15) is 5.75 Å². The van der Waals surface area contributed by atoms with E-state index in [-0.39, 0.29) is 0 Å². The van der Waals surface area contributed by atoms with Crippen molar-refractivity contribution in [1.29, 1.82) is 0 Å². The third kappa shape index (κ3) is 11.2. The van der Waals surface area contributed by atoms with E-state index in [1.165, 1.54) is 38.2 Å². The first-order valence-corrected chi connectivity index (χ1v) is 10.2. The van der Waals surface area contributed by atoms with Gasteiger partial charge in [0, 0.05) is 11.6 Å². The highest BCUT2D eigenvalue weighted by Crippen LogP contribution is 2.20. The number of carboxylic acids is 1. The van der Waals surface area contributed by atoms with Gasteiger partial charge >= 0.3 is 5.97 Å². The van der Waals surface area contributed by atoms with Crippen molar-refractivity contribution in [3.05, 3.63) is 71.4 Å². The molecule has 0 aliphatic heterocycles. The smallest absolute Gasteiger partial charge is 0.328 e. The molecule has 152 valence electrons. The van der Waals surface area contributed by atoms with E-state index in [2.05, 4.69) is 19.1 Å². The second-order valence-corrected chi connectivity index (χ2v) is 6.98. The van der Waals surface area contributed by atoms with Crippen LogP contribution in [-0.2, 0) is 4.79 Å². The van der Waals surface area contributed by atoms with Gasteiger partial charge in [0.05, 0.1) is 6.61 Å². The largest absolute Gasteiger partial charge is 0.493 e. The molecule has 3 nitrogen and oxygen atoms in total. The Hall–Kier alpha value is -2.55. The van der Waals surface area contributed by atoms with Crippen molar-refractivity contribution in [1.82, 2.24) is 0 Å². The van der Waals surface area contributed by atoms with Crippen molar-refractivity contribution in [3.8, 4) is 5.75 Å². The van der Waals surface area contributed by atoms with E-state index >= 15 is 0 Å². The summed E-state index contributed by atoms with van der Waals surface area (Å²) >= 11 is 0. The number of rotatable bonds is 13. The summed E-state index contributed by atoms with van der Waals surface area (Å²) in [5, 5.41) is 8.71. The summed E-state index contributed by atoms with van der Waals surface area (Å²) in [6, 6.07) is 8.07. The highest BCUT2D eigenvalue weighted by Gasteiger charge is 1.99. The SMILES string of the molecule is CCCCCCCCOc1ccccc1C=CC(C)=CC=CC(C)=CC(=O)O. The van der Waals surface area contributed by atoms with E-state index in [9.17, 15) is 4.79 Å². The Morgan fingerprint density at radius 2 is 1.71 bits per heavy atom. The summed E-state index contributed by atoms with van der Waals surface area (Å²) < 4.78 is 5.98. The lowest BCUT2D eigenvalue weighted by Gasteiger charge is -2.09. The Bertz CT molecular complexity index is 708.